The van der Waals surface area contributed by atoms with Gasteiger partial charge < -0.3 is 10.4 Å². The monoisotopic (exact) mass is 252 g/mol. The van der Waals surface area contributed by atoms with Gasteiger partial charge in [-0.25, -0.2) is 0 Å². The second kappa shape index (κ2) is 5.82. The van der Waals surface area contributed by atoms with E-state index in [1.807, 2.05) is 13.8 Å². The van der Waals surface area contributed by atoms with Crippen LogP contribution in [0.5, 0.6) is 0 Å². The first-order valence-corrected chi connectivity index (χ1v) is 6.13. The second-order valence-electron chi connectivity index (χ2n) is 4.54. The van der Waals surface area contributed by atoms with Crippen molar-refractivity contribution in [3.8, 4) is 0 Å². The van der Waals surface area contributed by atoms with Gasteiger partial charge in [0.15, 0.2) is 0 Å². The third-order valence-corrected chi connectivity index (χ3v) is 3.33. The Morgan fingerprint density at radius 2 is 2.00 bits per heavy atom. The normalized spacial score (nSPS) is 11.3. The van der Waals surface area contributed by atoms with Crippen molar-refractivity contribution in [2.45, 2.75) is 39.2 Å². The minimum absolute atomic E-state index is 0.113. The fourth-order valence-electron chi connectivity index (χ4n) is 1.74. The zero-order valence-corrected chi connectivity index (χ0v) is 11.1. The molecule has 0 unspecified atom stereocenters. The van der Waals surface area contributed by atoms with E-state index in [1.165, 1.54) is 6.07 Å². The van der Waals surface area contributed by atoms with Gasteiger partial charge in [-0.05, 0) is 31.9 Å². The maximum absolute atomic E-state index is 10.7. The van der Waals surface area contributed by atoms with Crippen molar-refractivity contribution < 1.29 is 10.0 Å². The van der Waals surface area contributed by atoms with Gasteiger partial charge in [0.25, 0.3) is 5.69 Å². The lowest BCUT2D eigenvalue weighted by atomic mass is 9.97. The van der Waals surface area contributed by atoms with Crippen LogP contribution in [0.15, 0.2) is 18.2 Å². The van der Waals surface area contributed by atoms with Gasteiger partial charge in [-0.3, -0.25) is 10.1 Å². The van der Waals surface area contributed by atoms with Crippen molar-refractivity contribution >= 4 is 11.4 Å². The zero-order chi connectivity index (χ0) is 13.8. The predicted octanol–water partition coefficient (Wildman–Crippen LogP) is 2.87. The van der Waals surface area contributed by atoms with E-state index in [9.17, 15) is 15.2 Å². The molecule has 18 heavy (non-hydrogen) atoms. The van der Waals surface area contributed by atoms with E-state index in [4.69, 9.17) is 0 Å². The van der Waals surface area contributed by atoms with Gasteiger partial charge in [0.1, 0.15) is 0 Å². The van der Waals surface area contributed by atoms with Crippen LogP contribution in [0, 0.1) is 17.0 Å². The van der Waals surface area contributed by atoms with Crippen molar-refractivity contribution in [2.24, 2.45) is 0 Å². The number of nitrogens with one attached hydrogen (secondary N) is 1. The molecule has 0 aliphatic heterocycles. The minimum Gasteiger partial charge on any atom is -0.388 e. The molecule has 1 aromatic rings. The quantitative estimate of drug-likeness (QED) is 0.603. The SMILES string of the molecule is CCC(O)(CC)CNc1ccc([N+](=O)[O-])c(C)c1. The fourth-order valence-corrected chi connectivity index (χ4v) is 1.74. The summed E-state index contributed by atoms with van der Waals surface area (Å²) in [6.07, 6.45) is 1.34. The number of aryl methyl sites for hydroxylation is 1. The average Bonchev–Trinajstić information content (AvgIpc) is 2.35. The van der Waals surface area contributed by atoms with Gasteiger partial charge in [0.2, 0.25) is 0 Å². The van der Waals surface area contributed by atoms with Crippen molar-refractivity contribution in [3.05, 3.63) is 33.9 Å². The number of anilines is 1. The lowest BCUT2D eigenvalue weighted by molar-refractivity contribution is -0.385. The van der Waals surface area contributed by atoms with E-state index in [0.717, 1.165) is 5.69 Å². The molecule has 2 N–H and O–H groups in total. The topological polar surface area (TPSA) is 75.4 Å². The molecule has 5 heteroatoms. The molecular weight excluding hydrogens is 232 g/mol. The van der Waals surface area contributed by atoms with E-state index in [2.05, 4.69) is 5.32 Å². The molecule has 0 atom stereocenters. The summed E-state index contributed by atoms with van der Waals surface area (Å²) in [6.45, 7) is 6.02. The third kappa shape index (κ3) is 3.43. The lowest BCUT2D eigenvalue weighted by Gasteiger charge is -2.26. The highest BCUT2D eigenvalue weighted by Gasteiger charge is 2.21. The Kier molecular flexibility index (Phi) is 4.67. The number of hydrogen-bond acceptors (Lipinski definition) is 4. The van der Waals surface area contributed by atoms with Crippen LogP contribution in [0.25, 0.3) is 0 Å². The summed E-state index contributed by atoms with van der Waals surface area (Å²) >= 11 is 0. The summed E-state index contributed by atoms with van der Waals surface area (Å²) in [5.74, 6) is 0. The number of nitrogens with zero attached hydrogens (tertiary/aromatic N) is 1. The molecule has 100 valence electrons. The smallest absolute Gasteiger partial charge is 0.272 e. The maximum atomic E-state index is 10.7. The van der Waals surface area contributed by atoms with Crippen LogP contribution in [0.3, 0.4) is 0 Å². The molecule has 0 bridgehead atoms. The summed E-state index contributed by atoms with van der Waals surface area (Å²) in [5.41, 5.74) is 0.789. The molecule has 0 spiro atoms. The first-order chi connectivity index (χ1) is 8.41. The Balaban J connectivity index is 2.75. The molecule has 0 aliphatic carbocycles. The molecule has 0 fully saturated rings. The Morgan fingerprint density at radius 1 is 1.39 bits per heavy atom. The van der Waals surface area contributed by atoms with Crippen molar-refractivity contribution in [3.63, 3.8) is 0 Å². The van der Waals surface area contributed by atoms with Gasteiger partial charge >= 0.3 is 0 Å². The summed E-state index contributed by atoms with van der Waals surface area (Å²) < 4.78 is 0. The number of benzene rings is 1. The molecular formula is C13H20N2O3. The molecule has 1 aromatic carbocycles. The van der Waals surface area contributed by atoms with Gasteiger partial charge in [-0.15, -0.1) is 0 Å². The number of nitro benzene ring substituents is 1. The highest BCUT2D eigenvalue weighted by atomic mass is 16.6. The zero-order valence-electron chi connectivity index (χ0n) is 11.1. The van der Waals surface area contributed by atoms with Gasteiger partial charge in [-0.2, -0.15) is 0 Å². The number of aliphatic hydroxyl groups is 1. The van der Waals surface area contributed by atoms with Crippen LogP contribution in [-0.2, 0) is 0 Å². The molecule has 5 nitrogen and oxygen atoms in total. The lowest BCUT2D eigenvalue weighted by Crippen LogP contribution is -2.35. The second-order valence-corrected chi connectivity index (χ2v) is 4.54. The Labute approximate surface area is 107 Å². The molecule has 0 amide bonds. The highest BCUT2D eigenvalue weighted by molar-refractivity contribution is 5.53. The Morgan fingerprint density at radius 3 is 2.44 bits per heavy atom. The number of hydrogen-bond donors (Lipinski definition) is 2. The van der Waals surface area contributed by atoms with Crippen molar-refractivity contribution in [2.75, 3.05) is 11.9 Å². The van der Waals surface area contributed by atoms with Gasteiger partial charge in [0, 0.05) is 23.9 Å². The molecule has 0 aromatic heterocycles. The van der Waals surface area contributed by atoms with Crippen LogP contribution in [-0.4, -0.2) is 22.2 Å². The van der Waals surface area contributed by atoms with Crippen LogP contribution < -0.4 is 5.32 Å². The van der Waals surface area contributed by atoms with Crippen LogP contribution in [0.2, 0.25) is 0 Å². The van der Waals surface area contributed by atoms with Gasteiger partial charge in [-0.1, -0.05) is 13.8 Å². The standard InChI is InChI=1S/C13H20N2O3/c1-4-13(16,5-2)9-14-11-6-7-12(15(17)18)10(3)8-11/h6-8,14,16H,4-5,9H2,1-3H3. The van der Waals surface area contributed by atoms with Crippen LogP contribution in [0.1, 0.15) is 32.3 Å². The highest BCUT2D eigenvalue weighted by Crippen LogP contribution is 2.23. The first-order valence-electron chi connectivity index (χ1n) is 6.13. The molecule has 0 heterocycles. The first kappa shape index (κ1) is 14.4. The van der Waals surface area contributed by atoms with Crippen molar-refractivity contribution in [1.29, 1.82) is 0 Å². The van der Waals surface area contributed by atoms with E-state index in [0.29, 0.717) is 24.9 Å². The molecule has 1 rings (SSSR count). The Hall–Kier alpha value is -1.62. The van der Waals surface area contributed by atoms with Crippen LogP contribution >= 0.6 is 0 Å². The minimum atomic E-state index is -0.727. The third-order valence-electron chi connectivity index (χ3n) is 3.33. The summed E-state index contributed by atoms with van der Waals surface area (Å²) in [7, 11) is 0. The Bertz CT molecular complexity index is 428. The van der Waals surface area contributed by atoms with Crippen molar-refractivity contribution in [1.82, 2.24) is 0 Å². The van der Waals surface area contributed by atoms with E-state index in [1.54, 1.807) is 19.1 Å². The van der Waals surface area contributed by atoms with Crippen LogP contribution in [0.4, 0.5) is 11.4 Å². The summed E-state index contributed by atoms with van der Waals surface area (Å²) in [4.78, 5) is 10.3. The van der Waals surface area contributed by atoms with Gasteiger partial charge in [0.05, 0.1) is 10.5 Å². The average molecular weight is 252 g/mol. The molecule has 0 radical (unpaired) electrons. The van der Waals surface area contributed by atoms with E-state index >= 15 is 0 Å². The fraction of sp³-hybridized carbons (Fsp3) is 0.538. The number of nitro groups is 1. The molecule has 0 aliphatic rings. The summed E-state index contributed by atoms with van der Waals surface area (Å²) in [6, 6.07) is 4.87. The maximum Gasteiger partial charge on any atom is 0.272 e. The molecule has 0 saturated carbocycles. The summed E-state index contributed by atoms with van der Waals surface area (Å²) in [5, 5.41) is 23.9. The largest absolute Gasteiger partial charge is 0.388 e. The predicted molar refractivity (Wildman–Crippen MR) is 71.9 cm³/mol. The van der Waals surface area contributed by atoms with E-state index in [-0.39, 0.29) is 5.69 Å². The molecule has 0 saturated heterocycles. The van der Waals surface area contributed by atoms with E-state index < -0.39 is 10.5 Å². The number of rotatable bonds is 6.